The van der Waals surface area contributed by atoms with Crippen molar-refractivity contribution in [3.05, 3.63) is 53.0 Å². The molecule has 1 aromatic heterocycles. The van der Waals surface area contributed by atoms with E-state index in [0.717, 1.165) is 11.3 Å². The molecule has 0 unspecified atom stereocenters. The third-order valence-electron chi connectivity index (χ3n) is 2.87. The highest BCUT2D eigenvalue weighted by molar-refractivity contribution is 5.96. The first kappa shape index (κ1) is 14.8. The molecule has 5 nitrogen and oxygen atoms in total. The van der Waals surface area contributed by atoms with Crippen molar-refractivity contribution in [2.24, 2.45) is 5.10 Å². The van der Waals surface area contributed by atoms with Gasteiger partial charge in [-0.1, -0.05) is 12.1 Å². The minimum absolute atomic E-state index is 0.297. The molecule has 1 amide bonds. The first-order chi connectivity index (χ1) is 10.1. The molecule has 110 valence electrons. The largest absolute Gasteiger partial charge is 0.493 e. The Hall–Kier alpha value is -2.56. The summed E-state index contributed by atoms with van der Waals surface area (Å²) in [4.78, 5) is 12.0. The summed E-state index contributed by atoms with van der Waals surface area (Å²) >= 11 is 0. The van der Waals surface area contributed by atoms with Crippen LogP contribution in [0.5, 0.6) is 5.75 Å². The Balaban J connectivity index is 2.06. The van der Waals surface area contributed by atoms with E-state index < -0.39 is 0 Å². The van der Waals surface area contributed by atoms with Crippen molar-refractivity contribution in [1.82, 2.24) is 5.43 Å². The molecular formula is C16H18N2O3. The number of aryl methyl sites for hydroxylation is 2. The minimum atomic E-state index is -0.297. The number of amides is 1. The van der Waals surface area contributed by atoms with Gasteiger partial charge in [-0.05, 0) is 39.0 Å². The number of benzene rings is 1. The number of ether oxygens (including phenoxy) is 1. The standard InChI is InChI=1S/C16H18N2O3/c1-4-20-15-8-6-5-7-13(15)10-17-18-16(19)14-9-11(2)21-12(14)3/h5-10H,4H2,1-3H3,(H,18,19)/b17-10-. The highest BCUT2D eigenvalue weighted by Crippen LogP contribution is 2.16. The summed E-state index contributed by atoms with van der Waals surface area (Å²) in [6.07, 6.45) is 1.56. The Bertz CT molecular complexity index is 659. The maximum absolute atomic E-state index is 12.0. The zero-order valence-electron chi connectivity index (χ0n) is 12.3. The summed E-state index contributed by atoms with van der Waals surface area (Å²) in [5.41, 5.74) is 3.78. The van der Waals surface area contributed by atoms with Crippen LogP contribution in [0.15, 0.2) is 39.9 Å². The number of nitrogens with zero attached hydrogens (tertiary/aromatic N) is 1. The van der Waals surface area contributed by atoms with E-state index >= 15 is 0 Å². The summed E-state index contributed by atoms with van der Waals surface area (Å²) in [5.74, 6) is 1.71. The fourth-order valence-corrected chi connectivity index (χ4v) is 1.95. The number of hydrogen-bond donors (Lipinski definition) is 1. The zero-order valence-corrected chi connectivity index (χ0v) is 12.3. The average molecular weight is 286 g/mol. The van der Waals surface area contributed by atoms with Crippen molar-refractivity contribution in [1.29, 1.82) is 0 Å². The Morgan fingerprint density at radius 1 is 1.38 bits per heavy atom. The van der Waals surface area contributed by atoms with E-state index in [-0.39, 0.29) is 5.91 Å². The van der Waals surface area contributed by atoms with Gasteiger partial charge in [-0.25, -0.2) is 5.43 Å². The zero-order chi connectivity index (χ0) is 15.2. The van der Waals surface area contributed by atoms with Crippen LogP contribution in [-0.2, 0) is 0 Å². The quantitative estimate of drug-likeness (QED) is 0.678. The van der Waals surface area contributed by atoms with Gasteiger partial charge in [-0.2, -0.15) is 5.10 Å². The molecule has 0 aliphatic rings. The first-order valence-electron chi connectivity index (χ1n) is 6.74. The summed E-state index contributed by atoms with van der Waals surface area (Å²) in [6.45, 7) is 6.03. The van der Waals surface area contributed by atoms with E-state index in [1.807, 2.05) is 31.2 Å². The van der Waals surface area contributed by atoms with Gasteiger partial charge in [0.05, 0.1) is 18.4 Å². The number of para-hydroxylation sites is 1. The van der Waals surface area contributed by atoms with Crippen molar-refractivity contribution in [3.63, 3.8) is 0 Å². The van der Waals surface area contributed by atoms with Crippen molar-refractivity contribution in [3.8, 4) is 5.75 Å². The minimum Gasteiger partial charge on any atom is -0.493 e. The lowest BCUT2D eigenvalue weighted by molar-refractivity contribution is 0.0953. The van der Waals surface area contributed by atoms with E-state index in [0.29, 0.717) is 23.7 Å². The molecule has 0 saturated carbocycles. The molecule has 2 rings (SSSR count). The van der Waals surface area contributed by atoms with Crippen LogP contribution in [0.1, 0.15) is 34.4 Å². The second-order valence-corrected chi connectivity index (χ2v) is 4.50. The molecule has 1 N–H and O–H groups in total. The van der Waals surface area contributed by atoms with Crippen molar-refractivity contribution in [2.75, 3.05) is 6.61 Å². The van der Waals surface area contributed by atoms with Gasteiger partial charge in [0, 0.05) is 5.56 Å². The molecule has 1 aromatic carbocycles. The Kier molecular flexibility index (Phi) is 4.77. The number of rotatable bonds is 5. The molecule has 2 aromatic rings. The lowest BCUT2D eigenvalue weighted by atomic mass is 10.2. The lowest BCUT2D eigenvalue weighted by Crippen LogP contribution is -2.17. The van der Waals surface area contributed by atoms with E-state index in [4.69, 9.17) is 9.15 Å². The third kappa shape index (κ3) is 3.72. The van der Waals surface area contributed by atoms with E-state index in [1.165, 1.54) is 0 Å². The predicted octanol–water partition coefficient (Wildman–Crippen LogP) is 3.06. The average Bonchev–Trinajstić information content (AvgIpc) is 2.80. The first-order valence-corrected chi connectivity index (χ1v) is 6.74. The van der Waals surface area contributed by atoms with E-state index in [9.17, 15) is 4.79 Å². The maximum atomic E-state index is 12.0. The third-order valence-corrected chi connectivity index (χ3v) is 2.87. The molecule has 0 fully saturated rings. The van der Waals surface area contributed by atoms with Crippen LogP contribution in [0, 0.1) is 13.8 Å². The van der Waals surface area contributed by atoms with Crippen LogP contribution in [0.4, 0.5) is 0 Å². The van der Waals surface area contributed by atoms with Crippen LogP contribution in [0.3, 0.4) is 0 Å². The Labute approximate surface area is 123 Å². The fourth-order valence-electron chi connectivity index (χ4n) is 1.95. The van der Waals surface area contributed by atoms with Gasteiger partial charge < -0.3 is 9.15 Å². The Morgan fingerprint density at radius 3 is 2.81 bits per heavy atom. The van der Waals surface area contributed by atoms with Gasteiger partial charge >= 0.3 is 0 Å². The molecule has 5 heteroatoms. The van der Waals surface area contributed by atoms with Crippen LogP contribution in [0.2, 0.25) is 0 Å². The molecule has 21 heavy (non-hydrogen) atoms. The normalized spacial score (nSPS) is 10.8. The van der Waals surface area contributed by atoms with Gasteiger partial charge in [0.15, 0.2) is 0 Å². The fraction of sp³-hybridized carbons (Fsp3) is 0.250. The molecule has 0 aliphatic carbocycles. The van der Waals surface area contributed by atoms with Gasteiger partial charge in [-0.3, -0.25) is 4.79 Å². The summed E-state index contributed by atoms with van der Waals surface area (Å²) in [5, 5.41) is 3.96. The van der Waals surface area contributed by atoms with Gasteiger partial charge in [0.2, 0.25) is 0 Å². The maximum Gasteiger partial charge on any atom is 0.274 e. The smallest absolute Gasteiger partial charge is 0.274 e. The topological polar surface area (TPSA) is 63.8 Å². The highest BCUT2D eigenvalue weighted by Gasteiger charge is 2.12. The Morgan fingerprint density at radius 2 is 2.14 bits per heavy atom. The lowest BCUT2D eigenvalue weighted by Gasteiger charge is -2.05. The number of nitrogens with one attached hydrogen (secondary N) is 1. The van der Waals surface area contributed by atoms with Crippen molar-refractivity contribution in [2.45, 2.75) is 20.8 Å². The molecule has 1 heterocycles. The van der Waals surface area contributed by atoms with Gasteiger partial charge in [-0.15, -0.1) is 0 Å². The molecule has 0 bridgehead atoms. The van der Waals surface area contributed by atoms with Crippen molar-refractivity contribution >= 4 is 12.1 Å². The van der Waals surface area contributed by atoms with Gasteiger partial charge in [0.25, 0.3) is 5.91 Å². The number of hydrazone groups is 1. The molecule has 0 aliphatic heterocycles. The number of hydrogen-bond acceptors (Lipinski definition) is 4. The summed E-state index contributed by atoms with van der Waals surface area (Å²) in [7, 11) is 0. The van der Waals surface area contributed by atoms with E-state index in [1.54, 1.807) is 26.1 Å². The monoisotopic (exact) mass is 286 g/mol. The number of carbonyl (C=O) groups is 1. The van der Waals surface area contributed by atoms with Crippen molar-refractivity contribution < 1.29 is 13.9 Å². The molecule has 0 saturated heterocycles. The SMILES string of the molecule is CCOc1ccccc1/C=N\NC(=O)c1cc(C)oc1C. The molecule has 0 atom stereocenters. The van der Waals surface area contributed by atoms with Gasteiger partial charge in [0.1, 0.15) is 17.3 Å². The summed E-state index contributed by atoms with van der Waals surface area (Å²) < 4.78 is 10.8. The molecular weight excluding hydrogens is 268 g/mol. The second kappa shape index (κ2) is 6.74. The van der Waals surface area contributed by atoms with Crippen LogP contribution in [0.25, 0.3) is 0 Å². The number of carbonyl (C=O) groups excluding carboxylic acids is 1. The second-order valence-electron chi connectivity index (χ2n) is 4.50. The van der Waals surface area contributed by atoms with Crippen LogP contribution in [-0.4, -0.2) is 18.7 Å². The summed E-state index contributed by atoms with van der Waals surface area (Å²) in [6, 6.07) is 9.19. The highest BCUT2D eigenvalue weighted by atomic mass is 16.5. The number of furan rings is 1. The predicted molar refractivity (Wildman–Crippen MR) is 80.9 cm³/mol. The van der Waals surface area contributed by atoms with E-state index in [2.05, 4.69) is 10.5 Å². The van der Waals surface area contributed by atoms with Crippen LogP contribution >= 0.6 is 0 Å². The molecule has 0 radical (unpaired) electrons. The van der Waals surface area contributed by atoms with Crippen LogP contribution < -0.4 is 10.2 Å². The molecule has 0 spiro atoms.